The molecular weight excluding hydrogens is 256 g/mol. The van der Waals surface area contributed by atoms with Gasteiger partial charge in [0.25, 0.3) is 0 Å². The van der Waals surface area contributed by atoms with Crippen LogP contribution < -0.4 is 16.0 Å². The lowest BCUT2D eigenvalue weighted by atomic mass is 10.4. The number of hydrogen-bond acceptors (Lipinski definition) is 7. The maximum Gasteiger partial charge on any atom is 0.233 e. The molecule has 20 heavy (non-hydrogen) atoms. The molecule has 8 nitrogen and oxygen atoms in total. The van der Waals surface area contributed by atoms with Crippen molar-refractivity contribution in [1.29, 1.82) is 0 Å². The standard InChI is InChI=1S/C12H18N8/c1-8-9(7-19(2)18-8)14-11-15-10(13)16-12(17-11)20-5-3-4-6-20/h7H,3-6H2,1-2H3,(H3,13,14,15,16,17). The Morgan fingerprint density at radius 3 is 2.60 bits per heavy atom. The molecule has 0 amide bonds. The minimum Gasteiger partial charge on any atom is -0.368 e. The van der Waals surface area contributed by atoms with Crippen molar-refractivity contribution < 1.29 is 0 Å². The molecule has 1 saturated heterocycles. The summed E-state index contributed by atoms with van der Waals surface area (Å²) in [7, 11) is 1.87. The van der Waals surface area contributed by atoms with E-state index in [1.165, 1.54) is 0 Å². The van der Waals surface area contributed by atoms with Gasteiger partial charge in [0.1, 0.15) is 0 Å². The maximum absolute atomic E-state index is 5.77. The first kappa shape index (κ1) is 12.6. The number of nitrogens with zero attached hydrogens (tertiary/aromatic N) is 6. The summed E-state index contributed by atoms with van der Waals surface area (Å²) in [6, 6.07) is 0. The smallest absolute Gasteiger partial charge is 0.233 e. The van der Waals surface area contributed by atoms with Crippen molar-refractivity contribution in [2.45, 2.75) is 19.8 Å². The van der Waals surface area contributed by atoms with Crippen LogP contribution in [-0.4, -0.2) is 37.8 Å². The lowest BCUT2D eigenvalue weighted by molar-refractivity contribution is 0.756. The summed E-state index contributed by atoms with van der Waals surface area (Å²) < 4.78 is 1.74. The largest absolute Gasteiger partial charge is 0.368 e. The van der Waals surface area contributed by atoms with E-state index in [4.69, 9.17) is 5.73 Å². The Morgan fingerprint density at radius 1 is 1.20 bits per heavy atom. The Labute approximate surface area is 117 Å². The third-order valence-corrected chi connectivity index (χ3v) is 3.29. The van der Waals surface area contributed by atoms with Crippen LogP contribution in [0.25, 0.3) is 0 Å². The number of nitrogens with two attached hydrogens (primary N) is 1. The first-order chi connectivity index (χ1) is 9.61. The van der Waals surface area contributed by atoms with Crippen LogP contribution in [-0.2, 0) is 7.05 Å². The van der Waals surface area contributed by atoms with Crippen molar-refractivity contribution in [3.05, 3.63) is 11.9 Å². The zero-order chi connectivity index (χ0) is 14.1. The quantitative estimate of drug-likeness (QED) is 0.855. The molecule has 0 unspecified atom stereocenters. The van der Waals surface area contributed by atoms with E-state index in [2.05, 4.69) is 30.3 Å². The van der Waals surface area contributed by atoms with E-state index in [9.17, 15) is 0 Å². The predicted octanol–water partition coefficient (Wildman–Crippen LogP) is 0.840. The van der Waals surface area contributed by atoms with Gasteiger partial charge >= 0.3 is 0 Å². The van der Waals surface area contributed by atoms with E-state index in [-0.39, 0.29) is 5.95 Å². The fraction of sp³-hybridized carbons (Fsp3) is 0.500. The van der Waals surface area contributed by atoms with Crippen LogP contribution in [0.15, 0.2) is 6.20 Å². The Morgan fingerprint density at radius 2 is 1.95 bits per heavy atom. The molecule has 3 heterocycles. The molecule has 1 aliphatic rings. The predicted molar refractivity (Wildman–Crippen MR) is 76.9 cm³/mol. The maximum atomic E-state index is 5.77. The van der Waals surface area contributed by atoms with Gasteiger partial charge in [0.2, 0.25) is 17.8 Å². The van der Waals surface area contributed by atoms with Crippen molar-refractivity contribution in [1.82, 2.24) is 24.7 Å². The lowest BCUT2D eigenvalue weighted by Gasteiger charge is -2.15. The lowest BCUT2D eigenvalue weighted by Crippen LogP contribution is -2.21. The van der Waals surface area contributed by atoms with Gasteiger partial charge in [-0.3, -0.25) is 4.68 Å². The van der Waals surface area contributed by atoms with Gasteiger partial charge in [-0.1, -0.05) is 0 Å². The van der Waals surface area contributed by atoms with Gasteiger partial charge in [-0.15, -0.1) is 0 Å². The fourth-order valence-electron chi connectivity index (χ4n) is 2.34. The van der Waals surface area contributed by atoms with E-state index in [0.29, 0.717) is 11.9 Å². The molecule has 0 radical (unpaired) electrons. The molecule has 3 rings (SSSR count). The molecule has 0 atom stereocenters. The minimum atomic E-state index is 0.228. The van der Waals surface area contributed by atoms with Gasteiger partial charge in [0, 0.05) is 26.3 Å². The van der Waals surface area contributed by atoms with Gasteiger partial charge in [-0.2, -0.15) is 20.1 Å². The van der Waals surface area contributed by atoms with Crippen molar-refractivity contribution >= 4 is 23.5 Å². The van der Waals surface area contributed by atoms with E-state index < -0.39 is 0 Å². The molecule has 8 heteroatoms. The Kier molecular flexibility index (Phi) is 3.13. The molecular formula is C12H18N8. The van der Waals surface area contributed by atoms with Gasteiger partial charge in [-0.25, -0.2) is 0 Å². The third kappa shape index (κ3) is 2.49. The molecule has 0 aliphatic carbocycles. The molecule has 2 aromatic heterocycles. The topological polar surface area (TPSA) is 97.8 Å². The average Bonchev–Trinajstić information content (AvgIpc) is 2.99. The molecule has 0 spiro atoms. The Balaban J connectivity index is 1.87. The van der Waals surface area contributed by atoms with E-state index in [1.807, 2.05) is 20.2 Å². The summed E-state index contributed by atoms with van der Waals surface area (Å²) in [6.07, 6.45) is 4.21. The molecule has 0 aromatic carbocycles. The van der Waals surface area contributed by atoms with Gasteiger partial charge in [-0.05, 0) is 19.8 Å². The van der Waals surface area contributed by atoms with Crippen molar-refractivity contribution in [2.24, 2.45) is 7.05 Å². The van der Waals surface area contributed by atoms with Gasteiger partial charge in [0.15, 0.2) is 0 Å². The van der Waals surface area contributed by atoms with Crippen LogP contribution >= 0.6 is 0 Å². The summed E-state index contributed by atoms with van der Waals surface area (Å²) in [4.78, 5) is 14.9. The highest BCUT2D eigenvalue weighted by molar-refractivity contribution is 5.57. The summed E-state index contributed by atoms with van der Waals surface area (Å²) in [6.45, 7) is 3.86. The number of rotatable bonds is 3. The van der Waals surface area contributed by atoms with Gasteiger partial charge < -0.3 is 16.0 Å². The first-order valence-corrected chi connectivity index (χ1v) is 6.65. The Hall–Kier alpha value is -2.38. The van der Waals surface area contributed by atoms with Crippen molar-refractivity contribution in [3.8, 4) is 0 Å². The zero-order valence-electron chi connectivity index (χ0n) is 11.7. The van der Waals surface area contributed by atoms with Crippen LogP contribution in [0.1, 0.15) is 18.5 Å². The van der Waals surface area contributed by atoms with Crippen LogP contribution in [0.3, 0.4) is 0 Å². The van der Waals surface area contributed by atoms with Crippen molar-refractivity contribution in [3.63, 3.8) is 0 Å². The molecule has 1 fully saturated rings. The molecule has 0 saturated carbocycles. The third-order valence-electron chi connectivity index (χ3n) is 3.29. The number of nitrogens with one attached hydrogen (secondary N) is 1. The fourth-order valence-corrected chi connectivity index (χ4v) is 2.34. The monoisotopic (exact) mass is 274 g/mol. The second-order valence-corrected chi connectivity index (χ2v) is 4.94. The summed E-state index contributed by atoms with van der Waals surface area (Å²) in [5.74, 6) is 1.32. The highest BCUT2D eigenvalue weighted by atomic mass is 15.3. The molecule has 1 aliphatic heterocycles. The number of anilines is 4. The van der Waals surface area contributed by atoms with E-state index >= 15 is 0 Å². The highest BCUT2D eigenvalue weighted by Crippen LogP contribution is 2.21. The molecule has 106 valence electrons. The minimum absolute atomic E-state index is 0.228. The summed E-state index contributed by atoms with van der Waals surface area (Å²) in [5.41, 5.74) is 7.52. The van der Waals surface area contributed by atoms with Crippen molar-refractivity contribution in [2.75, 3.05) is 29.0 Å². The highest BCUT2D eigenvalue weighted by Gasteiger charge is 2.17. The number of aryl methyl sites for hydroxylation is 2. The summed E-state index contributed by atoms with van der Waals surface area (Å²) >= 11 is 0. The van der Waals surface area contributed by atoms with Crippen LogP contribution in [0.5, 0.6) is 0 Å². The molecule has 2 aromatic rings. The Bertz CT molecular complexity index is 614. The van der Waals surface area contributed by atoms with E-state index in [1.54, 1.807) is 4.68 Å². The van der Waals surface area contributed by atoms with Crippen LogP contribution in [0.2, 0.25) is 0 Å². The molecule has 0 bridgehead atoms. The zero-order valence-corrected chi connectivity index (χ0v) is 11.7. The second-order valence-electron chi connectivity index (χ2n) is 4.94. The SMILES string of the molecule is Cc1nn(C)cc1Nc1nc(N)nc(N2CCCC2)n1. The van der Waals surface area contributed by atoms with Crippen LogP contribution in [0, 0.1) is 6.92 Å². The summed E-state index contributed by atoms with van der Waals surface area (Å²) in [5, 5.41) is 7.42. The average molecular weight is 274 g/mol. The second kappa shape index (κ2) is 4.95. The number of aromatic nitrogens is 5. The number of nitrogen functional groups attached to an aromatic ring is 1. The normalized spacial score (nSPS) is 14.8. The first-order valence-electron chi connectivity index (χ1n) is 6.65. The van der Waals surface area contributed by atoms with Crippen LogP contribution in [0.4, 0.5) is 23.5 Å². The number of hydrogen-bond donors (Lipinski definition) is 2. The molecule has 3 N–H and O–H groups in total. The van der Waals surface area contributed by atoms with Gasteiger partial charge in [0.05, 0.1) is 11.4 Å². The van der Waals surface area contributed by atoms with E-state index in [0.717, 1.165) is 37.3 Å².